The number of aliphatic hydroxyl groups excluding tert-OH is 1. The molecule has 196 valence electrons. The fourth-order valence-corrected chi connectivity index (χ4v) is 9.52. The highest BCUT2D eigenvalue weighted by atomic mass is 16.7. The summed E-state index contributed by atoms with van der Waals surface area (Å²) in [6.45, 7) is 13.7. The van der Waals surface area contributed by atoms with Crippen molar-refractivity contribution in [2.45, 2.75) is 83.7 Å². The van der Waals surface area contributed by atoms with Gasteiger partial charge in [-0.1, -0.05) is 19.9 Å². The summed E-state index contributed by atoms with van der Waals surface area (Å²) in [5.41, 5.74) is 0.752. The van der Waals surface area contributed by atoms with Crippen LogP contribution in [0.3, 0.4) is 0 Å². The van der Waals surface area contributed by atoms with E-state index in [1.807, 2.05) is 13.8 Å². The van der Waals surface area contributed by atoms with E-state index in [-0.39, 0.29) is 47.1 Å². The van der Waals surface area contributed by atoms with Crippen LogP contribution in [0.15, 0.2) is 12.2 Å². The molecule has 2 heterocycles. The van der Waals surface area contributed by atoms with Crippen molar-refractivity contribution in [2.24, 2.45) is 34.0 Å². The van der Waals surface area contributed by atoms with Gasteiger partial charge in [0, 0.05) is 35.9 Å². The van der Waals surface area contributed by atoms with Crippen LogP contribution in [0.25, 0.3) is 0 Å². The third-order valence-corrected chi connectivity index (χ3v) is 11.0. The van der Waals surface area contributed by atoms with Crippen molar-refractivity contribution in [1.29, 1.82) is 0 Å². The summed E-state index contributed by atoms with van der Waals surface area (Å²) in [5.74, 6) is 0.368. The fraction of sp³-hybridized carbons (Fsp3) is 0.893. The van der Waals surface area contributed by atoms with Gasteiger partial charge in [0.2, 0.25) is 0 Å². The van der Waals surface area contributed by atoms with E-state index >= 15 is 0 Å². The molecule has 0 aromatic heterocycles. The Balaban J connectivity index is 1.33. The third-order valence-electron chi connectivity index (χ3n) is 11.0. The van der Waals surface area contributed by atoms with E-state index in [2.05, 4.69) is 13.5 Å². The topological polar surface area (TPSA) is 77.5 Å². The van der Waals surface area contributed by atoms with Crippen molar-refractivity contribution >= 4 is 6.09 Å². The second-order valence-electron chi connectivity index (χ2n) is 13.1. The van der Waals surface area contributed by atoms with Gasteiger partial charge in [0.15, 0.2) is 5.79 Å². The molecule has 7 nitrogen and oxygen atoms in total. The first-order valence-electron chi connectivity index (χ1n) is 13.8. The van der Waals surface area contributed by atoms with Crippen molar-refractivity contribution in [1.82, 2.24) is 4.90 Å². The molecule has 2 saturated heterocycles. The molecule has 1 spiro atoms. The van der Waals surface area contributed by atoms with E-state index in [4.69, 9.17) is 18.9 Å². The quantitative estimate of drug-likeness (QED) is 0.601. The first-order valence-corrected chi connectivity index (χ1v) is 13.8. The van der Waals surface area contributed by atoms with Gasteiger partial charge in [-0.05, 0) is 75.7 Å². The molecule has 3 unspecified atom stereocenters. The van der Waals surface area contributed by atoms with Gasteiger partial charge in [0.1, 0.15) is 0 Å². The molecule has 2 bridgehead atoms. The van der Waals surface area contributed by atoms with Crippen molar-refractivity contribution in [3.05, 3.63) is 12.2 Å². The highest BCUT2D eigenvalue weighted by Crippen LogP contribution is 2.74. The number of hydrogen-bond donors (Lipinski definition) is 1. The molecule has 5 saturated carbocycles. The van der Waals surface area contributed by atoms with Crippen LogP contribution in [-0.2, 0) is 18.9 Å². The molecule has 8 atom stereocenters. The number of ether oxygens (including phenoxy) is 4. The van der Waals surface area contributed by atoms with E-state index in [0.717, 1.165) is 44.9 Å². The maximum absolute atomic E-state index is 12.9. The average molecular weight is 490 g/mol. The molecular formula is C28H43NO6. The van der Waals surface area contributed by atoms with Gasteiger partial charge in [0.25, 0.3) is 0 Å². The predicted octanol–water partition coefficient (Wildman–Crippen LogP) is 4.14. The van der Waals surface area contributed by atoms with Crippen molar-refractivity contribution < 1.29 is 28.8 Å². The molecule has 0 aromatic carbocycles. The zero-order valence-electron chi connectivity index (χ0n) is 21.7. The summed E-state index contributed by atoms with van der Waals surface area (Å²) in [4.78, 5) is 14.6. The first kappa shape index (κ1) is 24.2. The van der Waals surface area contributed by atoms with Crippen LogP contribution in [0, 0.1) is 34.0 Å². The van der Waals surface area contributed by atoms with Crippen LogP contribution in [0.5, 0.6) is 0 Å². The maximum Gasteiger partial charge on any atom is 0.409 e. The van der Waals surface area contributed by atoms with Crippen LogP contribution in [0.1, 0.15) is 65.7 Å². The second kappa shape index (κ2) is 8.17. The number of morpholine rings is 1. The number of fused-ring (bicyclic) bond motifs is 2. The van der Waals surface area contributed by atoms with Crippen molar-refractivity contribution in [2.75, 3.05) is 39.5 Å². The molecule has 1 amide bonds. The monoisotopic (exact) mass is 489 g/mol. The third kappa shape index (κ3) is 3.40. The van der Waals surface area contributed by atoms with E-state index in [9.17, 15) is 9.90 Å². The smallest absolute Gasteiger partial charge is 0.409 e. The van der Waals surface area contributed by atoms with Crippen LogP contribution in [0.2, 0.25) is 0 Å². The molecule has 35 heavy (non-hydrogen) atoms. The van der Waals surface area contributed by atoms with Gasteiger partial charge in [0.05, 0.1) is 32.0 Å². The summed E-state index contributed by atoms with van der Waals surface area (Å²) in [6.07, 6.45) is 7.09. The average Bonchev–Trinajstić information content (AvgIpc) is 2.85. The molecule has 5 aliphatic carbocycles. The van der Waals surface area contributed by atoms with E-state index in [0.29, 0.717) is 44.7 Å². The van der Waals surface area contributed by atoms with Crippen LogP contribution >= 0.6 is 0 Å². The number of nitrogens with zero attached hydrogens (tertiary/aromatic N) is 1. The molecule has 7 aliphatic rings. The van der Waals surface area contributed by atoms with Crippen molar-refractivity contribution in [3.63, 3.8) is 0 Å². The number of aliphatic hydroxyl groups is 1. The summed E-state index contributed by atoms with van der Waals surface area (Å²) in [7, 11) is 0. The lowest BCUT2D eigenvalue weighted by Gasteiger charge is -2.74. The van der Waals surface area contributed by atoms with Crippen LogP contribution in [0.4, 0.5) is 4.79 Å². The van der Waals surface area contributed by atoms with Crippen molar-refractivity contribution in [3.8, 4) is 0 Å². The number of carbonyl (C=O) groups is 1. The van der Waals surface area contributed by atoms with Crippen LogP contribution < -0.4 is 0 Å². The first-order chi connectivity index (χ1) is 16.7. The Bertz CT molecular complexity index is 885. The Morgan fingerprint density at radius 2 is 1.89 bits per heavy atom. The molecule has 7 heteroatoms. The normalized spacial score (nSPS) is 48.2. The largest absolute Gasteiger partial charge is 0.449 e. The van der Waals surface area contributed by atoms with Gasteiger partial charge in [-0.25, -0.2) is 4.79 Å². The lowest BCUT2D eigenvalue weighted by molar-refractivity contribution is -0.397. The number of carbonyl (C=O) groups excluding carboxylic acids is 1. The molecule has 1 N–H and O–H groups in total. The second-order valence-corrected chi connectivity index (χ2v) is 13.1. The zero-order valence-corrected chi connectivity index (χ0v) is 21.7. The maximum atomic E-state index is 12.9. The molecule has 2 aliphatic heterocycles. The molecule has 0 radical (unpaired) electrons. The molecule has 7 fully saturated rings. The Hall–Kier alpha value is -1.15. The summed E-state index contributed by atoms with van der Waals surface area (Å²) in [5, 5.41) is 11.2. The van der Waals surface area contributed by atoms with Gasteiger partial charge >= 0.3 is 6.09 Å². The minimum Gasteiger partial charge on any atom is -0.449 e. The number of hydrogen-bond acceptors (Lipinski definition) is 6. The van der Waals surface area contributed by atoms with E-state index < -0.39 is 5.79 Å². The minimum absolute atomic E-state index is 0.00505. The Morgan fingerprint density at radius 1 is 1.11 bits per heavy atom. The van der Waals surface area contributed by atoms with Gasteiger partial charge in [-0.2, -0.15) is 0 Å². The number of rotatable bonds is 3. The summed E-state index contributed by atoms with van der Waals surface area (Å²) in [6, 6.07) is 0. The fourth-order valence-electron chi connectivity index (χ4n) is 9.52. The standard InChI is InChI=1S/C28H43NO6/c1-18-19-6-9-28-21(14-19)27(16-30)8-5-7-26(4,17-33-24(31)29-10-12-32-13-11-29)20(27)15-22(28)34-25(2,3)35-23(18)28/h19-23,30H,1,5-17H2,2-4H3/t19-,20?,21?,22+,23-,26-,27-,28?/m0/s1. The van der Waals surface area contributed by atoms with Gasteiger partial charge in [-0.3, -0.25) is 0 Å². The van der Waals surface area contributed by atoms with E-state index in [1.54, 1.807) is 4.90 Å². The Labute approximate surface area is 209 Å². The lowest BCUT2D eigenvalue weighted by atomic mass is 9.35. The Morgan fingerprint density at radius 3 is 2.63 bits per heavy atom. The predicted molar refractivity (Wildman–Crippen MR) is 130 cm³/mol. The lowest BCUT2D eigenvalue weighted by Crippen LogP contribution is -2.75. The molecular weight excluding hydrogens is 446 g/mol. The van der Waals surface area contributed by atoms with Gasteiger partial charge in [-0.15, -0.1) is 0 Å². The van der Waals surface area contributed by atoms with Gasteiger partial charge < -0.3 is 29.0 Å². The Kier molecular flexibility index (Phi) is 5.65. The molecule has 7 rings (SSSR count). The minimum atomic E-state index is -0.654. The van der Waals surface area contributed by atoms with E-state index in [1.165, 1.54) is 5.57 Å². The van der Waals surface area contributed by atoms with Crippen LogP contribution in [-0.4, -0.2) is 73.6 Å². The zero-order chi connectivity index (χ0) is 24.6. The summed E-state index contributed by atoms with van der Waals surface area (Å²) >= 11 is 0. The summed E-state index contributed by atoms with van der Waals surface area (Å²) < 4.78 is 24.8. The molecule has 0 aromatic rings. The highest BCUT2D eigenvalue weighted by Gasteiger charge is 2.74. The highest BCUT2D eigenvalue weighted by molar-refractivity contribution is 5.67. The number of amides is 1. The SMILES string of the molecule is C=C1[C@H]2CCC34C(C2)[C@]2(CO)CCC[C@@](C)(COC(=O)N5CCOCC5)C2C[C@H]3OC(C)(C)O[C@@H]14.